The number of fused-ring (bicyclic) bond motifs is 1. The van der Waals surface area contributed by atoms with Crippen LogP contribution in [0.1, 0.15) is 5.56 Å². The van der Waals surface area contributed by atoms with E-state index in [1.807, 2.05) is 6.07 Å². The second-order valence-corrected chi connectivity index (χ2v) is 6.85. The lowest BCUT2D eigenvalue weighted by Crippen LogP contribution is -2.24. The number of ether oxygens (including phenoxy) is 3. The fourth-order valence-electron chi connectivity index (χ4n) is 3.57. The molecule has 0 aliphatic rings. The van der Waals surface area contributed by atoms with Crippen LogP contribution in [0, 0.1) is 5.82 Å². The van der Waals surface area contributed by atoms with Crippen LogP contribution in [-0.4, -0.2) is 30.9 Å². The highest BCUT2D eigenvalue weighted by atomic mass is 19.1. The van der Waals surface area contributed by atoms with Gasteiger partial charge in [0.15, 0.2) is 11.5 Å². The van der Waals surface area contributed by atoms with Crippen LogP contribution in [0.15, 0.2) is 65.5 Å². The summed E-state index contributed by atoms with van der Waals surface area (Å²) < 4.78 is 31.4. The van der Waals surface area contributed by atoms with Gasteiger partial charge >= 0.3 is 0 Å². The predicted molar refractivity (Wildman–Crippen MR) is 117 cm³/mol. The Hall–Kier alpha value is -3.87. The molecule has 0 fully saturated rings. The molecule has 0 unspecified atom stereocenters. The first-order valence-corrected chi connectivity index (χ1v) is 9.60. The van der Waals surface area contributed by atoms with Crippen molar-refractivity contribution in [2.45, 2.75) is 6.54 Å². The van der Waals surface area contributed by atoms with E-state index in [2.05, 4.69) is 0 Å². The van der Waals surface area contributed by atoms with E-state index in [0.29, 0.717) is 39.5 Å². The first-order chi connectivity index (χ1) is 15.1. The summed E-state index contributed by atoms with van der Waals surface area (Å²) in [5.41, 5.74) is 1.70. The zero-order chi connectivity index (χ0) is 22.0. The lowest BCUT2D eigenvalue weighted by Gasteiger charge is -2.19. The quantitative estimate of drug-likeness (QED) is 0.466. The Morgan fingerprint density at radius 3 is 2.26 bits per heavy atom. The van der Waals surface area contributed by atoms with Gasteiger partial charge in [0.05, 0.1) is 44.3 Å². The topological polar surface area (TPSA) is 62.6 Å². The van der Waals surface area contributed by atoms with Crippen LogP contribution in [0.5, 0.6) is 17.2 Å². The van der Waals surface area contributed by atoms with Gasteiger partial charge in [-0.15, -0.1) is 0 Å². The fraction of sp³-hybridized carbons (Fsp3) is 0.167. The first-order valence-electron chi connectivity index (χ1n) is 9.60. The number of benzene rings is 3. The molecule has 0 aliphatic heterocycles. The summed E-state index contributed by atoms with van der Waals surface area (Å²) in [7, 11) is 4.57. The van der Waals surface area contributed by atoms with Crippen molar-refractivity contribution in [1.82, 2.24) is 9.55 Å². The smallest absolute Gasteiger partial charge is 0.261 e. The molecule has 3 aromatic carbocycles. The Morgan fingerprint density at radius 1 is 0.871 bits per heavy atom. The van der Waals surface area contributed by atoms with Gasteiger partial charge in [-0.1, -0.05) is 24.3 Å². The van der Waals surface area contributed by atoms with Crippen molar-refractivity contribution in [3.63, 3.8) is 0 Å². The lowest BCUT2D eigenvalue weighted by molar-refractivity contribution is 0.325. The highest BCUT2D eigenvalue weighted by molar-refractivity contribution is 5.81. The maximum atomic E-state index is 13.4. The van der Waals surface area contributed by atoms with Crippen LogP contribution in [0.4, 0.5) is 4.39 Å². The van der Waals surface area contributed by atoms with E-state index >= 15 is 0 Å². The molecule has 0 saturated heterocycles. The zero-order valence-corrected chi connectivity index (χ0v) is 17.4. The summed E-state index contributed by atoms with van der Waals surface area (Å²) in [4.78, 5) is 18.2. The molecule has 0 N–H and O–H groups in total. The van der Waals surface area contributed by atoms with Crippen molar-refractivity contribution in [3.05, 3.63) is 82.4 Å². The van der Waals surface area contributed by atoms with Crippen molar-refractivity contribution in [3.8, 4) is 28.6 Å². The number of para-hydroxylation sites is 1. The van der Waals surface area contributed by atoms with E-state index in [-0.39, 0.29) is 17.9 Å². The molecule has 4 aromatic rings. The van der Waals surface area contributed by atoms with Gasteiger partial charge in [-0.3, -0.25) is 9.36 Å². The summed E-state index contributed by atoms with van der Waals surface area (Å²) in [6, 6.07) is 16.7. The Labute approximate surface area is 178 Å². The van der Waals surface area contributed by atoms with E-state index in [1.165, 1.54) is 33.5 Å². The van der Waals surface area contributed by atoms with Crippen molar-refractivity contribution >= 4 is 10.9 Å². The maximum Gasteiger partial charge on any atom is 0.261 e. The Kier molecular flexibility index (Phi) is 5.58. The van der Waals surface area contributed by atoms with Gasteiger partial charge in [0, 0.05) is 0 Å². The van der Waals surface area contributed by atoms with Gasteiger partial charge < -0.3 is 14.2 Å². The van der Waals surface area contributed by atoms with Crippen molar-refractivity contribution in [2.24, 2.45) is 0 Å². The molecule has 6 nitrogen and oxygen atoms in total. The van der Waals surface area contributed by atoms with Gasteiger partial charge in [-0.05, 0) is 42.0 Å². The molecule has 158 valence electrons. The molecule has 0 amide bonds. The number of halogens is 1. The van der Waals surface area contributed by atoms with Gasteiger partial charge in [0.25, 0.3) is 5.56 Å². The normalized spacial score (nSPS) is 10.8. The minimum Gasteiger partial charge on any atom is -0.493 e. The third-order valence-electron chi connectivity index (χ3n) is 5.06. The first kappa shape index (κ1) is 20.4. The molecular weight excluding hydrogens is 399 g/mol. The van der Waals surface area contributed by atoms with Crippen LogP contribution in [0.2, 0.25) is 0 Å². The number of methoxy groups -OCH3 is 3. The maximum absolute atomic E-state index is 13.4. The fourth-order valence-corrected chi connectivity index (χ4v) is 3.57. The van der Waals surface area contributed by atoms with Crippen LogP contribution in [0.3, 0.4) is 0 Å². The summed E-state index contributed by atoms with van der Waals surface area (Å²) in [6.45, 7) is 0.212. The Balaban J connectivity index is 2.01. The standard InChI is InChI=1S/C24H21FN2O4/c1-29-20-13-12-18(21(30-2)22(20)31-3)23-26-19-7-5-4-6-17(19)24(28)27(23)14-15-8-10-16(25)11-9-15/h4-13H,14H2,1-3H3. The molecule has 31 heavy (non-hydrogen) atoms. The Bertz CT molecular complexity index is 1300. The van der Waals surface area contributed by atoms with Crippen molar-refractivity contribution in [1.29, 1.82) is 0 Å². The van der Waals surface area contributed by atoms with Crippen LogP contribution < -0.4 is 19.8 Å². The number of rotatable bonds is 6. The summed E-state index contributed by atoms with van der Waals surface area (Å²) >= 11 is 0. The zero-order valence-electron chi connectivity index (χ0n) is 17.4. The minimum absolute atomic E-state index is 0.207. The molecular formula is C24H21FN2O4. The van der Waals surface area contributed by atoms with E-state index in [1.54, 1.807) is 47.0 Å². The summed E-state index contributed by atoms with van der Waals surface area (Å²) in [6.07, 6.45) is 0. The van der Waals surface area contributed by atoms with Crippen LogP contribution in [0.25, 0.3) is 22.3 Å². The molecule has 0 aliphatic carbocycles. The van der Waals surface area contributed by atoms with Crippen LogP contribution >= 0.6 is 0 Å². The van der Waals surface area contributed by atoms with Crippen molar-refractivity contribution < 1.29 is 18.6 Å². The molecule has 0 atom stereocenters. The number of nitrogens with zero attached hydrogens (tertiary/aromatic N) is 2. The summed E-state index contributed by atoms with van der Waals surface area (Å²) in [5, 5.41) is 0.493. The third kappa shape index (κ3) is 3.70. The highest BCUT2D eigenvalue weighted by Gasteiger charge is 2.22. The van der Waals surface area contributed by atoms with Crippen LogP contribution in [-0.2, 0) is 6.54 Å². The number of aromatic nitrogens is 2. The van der Waals surface area contributed by atoms with Crippen molar-refractivity contribution in [2.75, 3.05) is 21.3 Å². The molecule has 0 radical (unpaired) electrons. The molecule has 0 saturated carbocycles. The lowest BCUT2D eigenvalue weighted by atomic mass is 10.1. The minimum atomic E-state index is -0.338. The molecule has 1 aromatic heterocycles. The largest absolute Gasteiger partial charge is 0.493 e. The SMILES string of the molecule is COc1ccc(-c2nc3ccccc3c(=O)n2Cc2ccc(F)cc2)c(OC)c1OC. The summed E-state index contributed by atoms with van der Waals surface area (Å²) in [5.74, 6) is 1.37. The van der Waals surface area contributed by atoms with Gasteiger partial charge in [-0.2, -0.15) is 0 Å². The average Bonchev–Trinajstić information content (AvgIpc) is 2.81. The second-order valence-electron chi connectivity index (χ2n) is 6.85. The molecule has 0 bridgehead atoms. The van der Waals surface area contributed by atoms with E-state index in [9.17, 15) is 9.18 Å². The molecule has 7 heteroatoms. The van der Waals surface area contributed by atoms with Gasteiger partial charge in [0.1, 0.15) is 11.6 Å². The predicted octanol–water partition coefficient (Wildman–Crippen LogP) is 4.28. The molecule has 0 spiro atoms. The second kappa shape index (κ2) is 8.47. The monoisotopic (exact) mass is 420 g/mol. The highest BCUT2D eigenvalue weighted by Crippen LogP contribution is 2.43. The molecule has 4 rings (SSSR count). The van der Waals surface area contributed by atoms with Gasteiger partial charge in [0.2, 0.25) is 5.75 Å². The number of hydrogen-bond acceptors (Lipinski definition) is 5. The molecule has 1 heterocycles. The Morgan fingerprint density at radius 2 is 1.58 bits per heavy atom. The van der Waals surface area contributed by atoms with E-state index in [4.69, 9.17) is 19.2 Å². The van der Waals surface area contributed by atoms with E-state index in [0.717, 1.165) is 5.56 Å². The third-order valence-corrected chi connectivity index (χ3v) is 5.06. The van der Waals surface area contributed by atoms with E-state index < -0.39 is 0 Å². The van der Waals surface area contributed by atoms with Gasteiger partial charge in [-0.25, -0.2) is 9.37 Å². The average molecular weight is 420 g/mol. The number of hydrogen-bond donors (Lipinski definition) is 0.